The smallest absolute Gasteiger partial charge is 0.242 e. The fourth-order valence-corrected chi connectivity index (χ4v) is 5.13. The number of hydrogen-bond donors (Lipinski definition) is 1. The third kappa shape index (κ3) is 8.39. The van der Waals surface area contributed by atoms with Gasteiger partial charge in [-0.2, -0.15) is 0 Å². The molecule has 2 aromatic rings. The molecular weight excluding hydrogens is 521 g/mol. The molecule has 0 saturated carbocycles. The van der Waals surface area contributed by atoms with Gasteiger partial charge >= 0.3 is 0 Å². The van der Waals surface area contributed by atoms with Crippen molar-refractivity contribution in [1.82, 2.24) is 10.2 Å². The van der Waals surface area contributed by atoms with Crippen molar-refractivity contribution in [2.24, 2.45) is 0 Å². The summed E-state index contributed by atoms with van der Waals surface area (Å²) in [5, 5.41) is 3.71. The third-order valence-electron chi connectivity index (χ3n) is 5.88. The maximum Gasteiger partial charge on any atom is 0.242 e. The molecule has 1 atom stereocenters. The molecule has 10 heteroatoms. The standard InChI is InChI=1S/C26H35Cl2N3O4S/c1-17(2)29-26(33)20(5)30(16-21-10-11-22(27)15-24(21)28)25(32)8-7-13-31(36(6,34)35)23-12-9-18(3)19(4)14-23/h9-12,14-15,17,20H,7-8,13,16H2,1-6H3,(H,29,33)/t20-/m1/s1. The first kappa shape index (κ1) is 29.9. The number of carbonyl (C=O) groups excluding carboxylic acids is 2. The zero-order valence-electron chi connectivity index (χ0n) is 21.6. The first-order valence-electron chi connectivity index (χ1n) is 11.8. The van der Waals surface area contributed by atoms with E-state index in [0.717, 1.165) is 17.4 Å². The van der Waals surface area contributed by atoms with Crippen LogP contribution in [0.1, 0.15) is 50.3 Å². The molecule has 0 aliphatic carbocycles. The molecule has 0 unspecified atom stereocenters. The van der Waals surface area contributed by atoms with Gasteiger partial charge in [0.05, 0.1) is 11.9 Å². The van der Waals surface area contributed by atoms with Gasteiger partial charge in [-0.1, -0.05) is 35.3 Å². The van der Waals surface area contributed by atoms with Crippen molar-refractivity contribution in [3.8, 4) is 0 Å². The molecule has 198 valence electrons. The van der Waals surface area contributed by atoms with Gasteiger partial charge in [0.15, 0.2) is 0 Å². The van der Waals surface area contributed by atoms with E-state index in [4.69, 9.17) is 23.2 Å². The van der Waals surface area contributed by atoms with E-state index in [-0.39, 0.29) is 43.8 Å². The summed E-state index contributed by atoms with van der Waals surface area (Å²) >= 11 is 12.3. The van der Waals surface area contributed by atoms with Crippen LogP contribution in [0.2, 0.25) is 10.0 Å². The Labute approximate surface area is 224 Å². The monoisotopic (exact) mass is 555 g/mol. The van der Waals surface area contributed by atoms with Crippen LogP contribution in [0, 0.1) is 13.8 Å². The predicted octanol–water partition coefficient (Wildman–Crippen LogP) is 5.10. The normalized spacial score (nSPS) is 12.4. The van der Waals surface area contributed by atoms with Crippen LogP contribution in [0.25, 0.3) is 0 Å². The molecule has 0 fully saturated rings. The quantitative estimate of drug-likeness (QED) is 0.418. The first-order valence-corrected chi connectivity index (χ1v) is 14.4. The second-order valence-electron chi connectivity index (χ2n) is 9.30. The summed E-state index contributed by atoms with van der Waals surface area (Å²) in [6.07, 6.45) is 1.49. The van der Waals surface area contributed by atoms with Gasteiger partial charge in [0.2, 0.25) is 21.8 Å². The fourth-order valence-electron chi connectivity index (χ4n) is 3.71. The molecule has 2 aromatic carbocycles. The summed E-state index contributed by atoms with van der Waals surface area (Å²) in [4.78, 5) is 27.5. The van der Waals surface area contributed by atoms with E-state index in [1.807, 2.05) is 39.8 Å². The van der Waals surface area contributed by atoms with Gasteiger partial charge in [-0.15, -0.1) is 0 Å². The Kier molecular flexibility index (Phi) is 10.6. The Morgan fingerprint density at radius 2 is 1.67 bits per heavy atom. The number of sulfonamides is 1. The molecule has 1 N–H and O–H groups in total. The van der Waals surface area contributed by atoms with E-state index in [1.54, 1.807) is 31.2 Å². The van der Waals surface area contributed by atoms with E-state index < -0.39 is 16.1 Å². The number of carbonyl (C=O) groups is 2. The minimum absolute atomic E-state index is 0.0569. The Bertz CT molecular complexity index is 1200. The summed E-state index contributed by atoms with van der Waals surface area (Å²) in [5.41, 5.74) is 3.26. The molecule has 0 spiro atoms. The molecule has 0 aliphatic heterocycles. The maximum absolute atomic E-state index is 13.3. The number of rotatable bonds is 11. The molecule has 7 nitrogen and oxygen atoms in total. The summed E-state index contributed by atoms with van der Waals surface area (Å²) in [6, 6.07) is 9.62. The average molecular weight is 557 g/mol. The molecule has 0 bridgehead atoms. The van der Waals surface area contributed by atoms with E-state index in [1.165, 1.54) is 9.21 Å². The largest absolute Gasteiger partial charge is 0.352 e. The molecule has 0 aliphatic rings. The lowest BCUT2D eigenvalue weighted by atomic mass is 10.1. The van der Waals surface area contributed by atoms with Crippen molar-refractivity contribution in [2.45, 2.75) is 66.1 Å². The Balaban J connectivity index is 2.22. The zero-order valence-corrected chi connectivity index (χ0v) is 24.0. The number of nitrogens with one attached hydrogen (secondary N) is 1. The van der Waals surface area contributed by atoms with Gasteiger partial charge < -0.3 is 10.2 Å². The molecule has 36 heavy (non-hydrogen) atoms. The van der Waals surface area contributed by atoms with E-state index >= 15 is 0 Å². The van der Waals surface area contributed by atoms with Crippen molar-refractivity contribution in [1.29, 1.82) is 0 Å². The van der Waals surface area contributed by atoms with Crippen LogP contribution in [0.15, 0.2) is 36.4 Å². The van der Waals surface area contributed by atoms with Gasteiger partial charge in [-0.3, -0.25) is 13.9 Å². The van der Waals surface area contributed by atoms with Crippen LogP contribution in [0.4, 0.5) is 5.69 Å². The highest BCUT2D eigenvalue weighted by atomic mass is 35.5. The highest BCUT2D eigenvalue weighted by Gasteiger charge is 2.27. The number of nitrogens with zero attached hydrogens (tertiary/aromatic N) is 2. The lowest BCUT2D eigenvalue weighted by molar-refractivity contribution is -0.140. The van der Waals surface area contributed by atoms with Crippen LogP contribution in [0.5, 0.6) is 0 Å². The minimum atomic E-state index is -3.55. The lowest BCUT2D eigenvalue weighted by Gasteiger charge is -2.30. The molecule has 2 amide bonds. The molecule has 0 radical (unpaired) electrons. The lowest BCUT2D eigenvalue weighted by Crippen LogP contribution is -2.49. The van der Waals surface area contributed by atoms with Crippen LogP contribution < -0.4 is 9.62 Å². The molecule has 0 aromatic heterocycles. The van der Waals surface area contributed by atoms with Crippen molar-refractivity contribution in [3.05, 3.63) is 63.1 Å². The topological polar surface area (TPSA) is 86.8 Å². The molecule has 0 saturated heterocycles. The summed E-state index contributed by atoms with van der Waals surface area (Å²) in [5.74, 6) is -0.558. The number of halogens is 2. The first-order chi connectivity index (χ1) is 16.7. The van der Waals surface area contributed by atoms with Gasteiger partial charge in [0.1, 0.15) is 6.04 Å². The predicted molar refractivity (Wildman–Crippen MR) is 147 cm³/mol. The fraction of sp³-hybridized carbons (Fsp3) is 0.462. The van der Waals surface area contributed by atoms with Crippen LogP contribution >= 0.6 is 23.2 Å². The van der Waals surface area contributed by atoms with Gasteiger partial charge in [0, 0.05) is 35.6 Å². The van der Waals surface area contributed by atoms with Crippen LogP contribution in [0.3, 0.4) is 0 Å². The number of aryl methyl sites for hydroxylation is 2. The number of anilines is 1. The Morgan fingerprint density at radius 3 is 2.22 bits per heavy atom. The Hall–Kier alpha value is -2.29. The third-order valence-corrected chi connectivity index (χ3v) is 7.67. The van der Waals surface area contributed by atoms with Crippen molar-refractivity contribution < 1.29 is 18.0 Å². The van der Waals surface area contributed by atoms with Crippen LogP contribution in [-0.2, 0) is 26.2 Å². The zero-order chi connectivity index (χ0) is 27.2. The van der Waals surface area contributed by atoms with Crippen molar-refractivity contribution in [2.75, 3.05) is 17.1 Å². The number of hydrogen-bond acceptors (Lipinski definition) is 4. The maximum atomic E-state index is 13.3. The van der Waals surface area contributed by atoms with Gasteiger partial charge in [-0.05, 0) is 82.0 Å². The van der Waals surface area contributed by atoms with Crippen molar-refractivity contribution >= 4 is 50.7 Å². The van der Waals surface area contributed by atoms with Gasteiger partial charge in [0.25, 0.3) is 0 Å². The highest BCUT2D eigenvalue weighted by molar-refractivity contribution is 7.92. The molecular formula is C26H35Cl2N3O4S. The minimum Gasteiger partial charge on any atom is -0.352 e. The summed E-state index contributed by atoms with van der Waals surface area (Å²) in [6.45, 7) is 9.49. The van der Waals surface area contributed by atoms with Crippen molar-refractivity contribution in [3.63, 3.8) is 0 Å². The second-order valence-corrected chi connectivity index (χ2v) is 12.1. The molecule has 2 rings (SSSR count). The summed E-state index contributed by atoms with van der Waals surface area (Å²) < 4.78 is 26.3. The molecule has 0 heterocycles. The van der Waals surface area contributed by atoms with E-state index in [0.29, 0.717) is 21.3 Å². The SMILES string of the molecule is Cc1ccc(N(CCCC(=O)N(Cc2ccc(Cl)cc2Cl)[C@H](C)C(=O)NC(C)C)S(C)(=O)=O)cc1C. The second kappa shape index (κ2) is 12.8. The van der Waals surface area contributed by atoms with Gasteiger partial charge in [-0.25, -0.2) is 8.42 Å². The average Bonchev–Trinajstić information content (AvgIpc) is 2.76. The Morgan fingerprint density at radius 1 is 1.00 bits per heavy atom. The summed E-state index contributed by atoms with van der Waals surface area (Å²) in [7, 11) is -3.55. The van der Waals surface area contributed by atoms with Crippen LogP contribution in [-0.4, -0.2) is 50.0 Å². The van der Waals surface area contributed by atoms with E-state index in [9.17, 15) is 18.0 Å². The number of amides is 2. The number of benzene rings is 2. The highest BCUT2D eigenvalue weighted by Crippen LogP contribution is 2.25. The van der Waals surface area contributed by atoms with E-state index in [2.05, 4.69) is 5.32 Å².